The van der Waals surface area contributed by atoms with E-state index in [9.17, 15) is 9.90 Å². The van der Waals surface area contributed by atoms with Gasteiger partial charge in [-0.25, -0.2) is 4.79 Å². The van der Waals surface area contributed by atoms with Crippen LogP contribution in [0.15, 0.2) is 69.9 Å². The molecule has 0 fully saturated rings. The Morgan fingerprint density at radius 1 is 1.00 bits per heavy atom. The van der Waals surface area contributed by atoms with Gasteiger partial charge in [0.05, 0.1) is 0 Å². The Morgan fingerprint density at radius 2 is 1.48 bits per heavy atom. The average Bonchev–Trinajstić information content (AvgIpc) is 2.88. The molecule has 0 unspecified atom stereocenters. The maximum absolute atomic E-state index is 11.6. The van der Waals surface area contributed by atoms with Crippen LogP contribution in [0, 0.1) is 0 Å². The smallest absolute Gasteiger partial charge is 0.388 e. The van der Waals surface area contributed by atoms with Crippen molar-refractivity contribution in [2.24, 2.45) is 7.05 Å². The molecule has 0 amide bonds. The molecule has 1 aromatic heterocycles. The van der Waals surface area contributed by atoms with Crippen molar-refractivity contribution in [2.45, 2.75) is 5.60 Å². The number of rotatable bonds is 3. The summed E-state index contributed by atoms with van der Waals surface area (Å²) in [6.45, 7) is 0. The lowest BCUT2D eigenvalue weighted by Crippen LogP contribution is -2.29. The monoisotopic (exact) mass is 282 g/mol. The Bertz CT molecular complexity index is 752. The Morgan fingerprint density at radius 3 is 1.86 bits per heavy atom. The highest BCUT2D eigenvalue weighted by Crippen LogP contribution is 2.34. The third-order valence-corrected chi connectivity index (χ3v) is 3.38. The number of aryl methyl sites for hydroxylation is 1. The highest BCUT2D eigenvalue weighted by Gasteiger charge is 2.39. The van der Waals surface area contributed by atoms with E-state index in [1.807, 2.05) is 36.4 Å². The van der Waals surface area contributed by atoms with E-state index in [0.717, 1.165) is 4.68 Å². The first-order valence-electron chi connectivity index (χ1n) is 6.50. The Kier molecular flexibility index (Phi) is 3.19. The van der Waals surface area contributed by atoms with Gasteiger partial charge in [-0.15, -0.1) is 5.10 Å². The lowest BCUT2D eigenvalue weighted by atomic mass is 9.86. The summed E-state index contributed by atoms with van der Waals surface area (Å²) in [5.41, 5.74) is -0.445. The minimum absolute atomic E-state index is 0.0487. The van der Waals surface area contributed by atoms with E-state index in [-0.39, 0.29) is 5.89 Å². The van der Waals surface area contributed by atoms with Gasteiger partial charge in [-0.2, -0.15) is 4.68 Å². The summed E-state index contributed by atoms with van der Waals surface area (Å²) in [6, 6.07) is 18.0. The molecule has 0 bridgehead atoms. The molecule has 106 valence electrons. The van der Waals surface area contributed by atoms with Crippen molar-refractivity contribution in [2.75, 3.05) is 0 Å². The van der Waals surface area contributed by atoms with Crippen LogP contribution in [0.25, 0.3) is 0 Å². The minimum Gasteiger partial charge on any atom is -0.388 e. The van der Waals surface area contributed by atoms with Crippen molar-refractivity contribution in [3.05, 3.63) is 88.2 Å². The van der Waals surface area contributed by atoms with E-state index in [0.29, 0.717) is 11.1 Å². The molecule has 2 aromatic carbocycles. The lowest BCUT2D eigenvalue weighted by molar-refractivity contribution is 0.0911. The third kappa shape index (κ3) is 2.17. The first-order chi connectivity index (χ1) is 10.1. The normalized spacial score (nSPS) is 11.5. The van der Waals surface area contributed by atoms with Gasteiger partial charge in [-0.1, -0.05) is 60.7 Å². The van der Waals surface area contributed by atoms with Crippen molar-refractivity contribution in [1.82, 2.24) is 9.78 Å². The van der Waals surface area contributed by atoms with Crippen LogP contribution in [0.2, 0.25) is 0 Å². The van der Waals surface area contributed by atoms with Crippen LogP contribution < -0.4 is 5.76 Å². The number of aromatic nitrogens is 2. The van der Waals surface area contributed by atoms with Crippen molar-refractivity contribution in [3.8, 4) is 0 Å². The fourth-order valence-electron chi connectivity index (χ4n) is 2.26. The number of hydrogen-bond donors (Lipinski definition) is 1. The van der Waals surface area contributed by atoms with Gasteiger partial charge >= 0.3 is 5.76 Å². The molecule has 3 aromatic rings. The lowest BCUT2D eigenvalue weighted by Gasteiger charge is -2.25. The molecular weight excluding hydrogens is 268 g/mol. The summed E-state index contributed by atoms with van der Waals surface area (Å²) in [5.74, 6) is -0.664. The average molecular weight is 282 g/mol. The summed E-state index contributed by atoms with van der Waals surface area (Å²) >= 11 is 0. The molecule has 0 aliphatic rings. The maximum atomic E-state index is 11.6. The van der Waals surface area contributed by atoms with Gasteiger partial charge in [-0.05, 0) is 11.1 Å². The fourth-order valence-corrected chi connectivity index (χ4v) is 2.26. The molecule has 21 heavy (non-hydrogen) atoms. The summed E-state index contributed by atoms with van der Waals surface area (Å²) < 4.78 is 6.20. The van der Waals surface area contributed by atoms with E-state index in [1.165, 1.54) is 7.05 Å². The van der Waals surface area contributed by atoms with Gasteiger partial charge in [0.2, 0.25) is 0 Å². The molecule has 0 saturated carbocycles. The molecule has 0 radical (unpaired) electrons. The molecule has 0 spiro atoms. The third-order valence-electron chi connectivity index (χ3n) is 3.38. The van der Waals surface area contributed by atoms with Gasteiger partial charge in [0.15, 0.2) is 5.60 Å². The van der Waals surface area contributed by atoms with Crippen LogP contribution >= 0.6 is 0 Å². The van der Waals surface area contributed by atoms with E-state index >= 15 is 0 Å². The van der Waals surface area contributed by atoms with Crippen LogP contribution in [0.1, 0.15) is 17.0 Å². The van der Waals surface area contributed by atoms with Gasteiger partial charge in [-0.3, -0.25) is 0 Å². The van der Waals surface area contributed by atoms with Crippen LogP contribution in [0.4, 0.5) is 0 Å². The highest BCUT2D eigenvalue weighted by molar-refractivity contribution is 5.41. The van der Waals surface area contributed by atoms with Crippen molar-refractivity contribution in [3.63, 3.8) is 0 Å². The molecule has 0 aliphatic carbocycles. The molecule has 3 rings (SSSR count). The van der Waals surface area contributed by atoms with Crippen molar-refractivity contribution < 1.29 is 9.52 Å². The van der Waals surface area contributed by atoms with Crippen molar-refractivity contribution >= 4 is 0 Å². The SMILES string of the molecule is Cn1nc(C(O)(c2ccccc2)c2ccccc2)oc1=O. The number of nitrogens with zero attached hydrogens (tertiary/aromatic N) is 2. The zero-order valence-electron chi connectivity index (χ0n) is 11.4. The predicted octanol–water partition coefficient (Wildman–Crippen LogP) is 1.66. The van der Waals surface area contributed by atoms with Crippen LogP contribution in [-0.4, -0.2) is 14.9 Å². The fraction of sp³-hybridized carbons (Fsp3) is 0.125. The molecule has 0 saturated heterocycles. The van der Waals surface area contributed by atoms with Gasteiger partial charge < -0.3 is 9.52 Å². The zero-order valence-corrected chi connectivity index (χ0v) is 11.4. The second-order valence-electron chi connectivity index (χ2n) is 4.74. The number of aliphatic hydroxyl groups is 1. The van der Waals surface area contributed by atoms with Gasteiger partial charge in [0, 0.05) is 7.05 Å². The number of benzene rings is 2. The minimum atomic E-state index is -1.61. The quantitative estimate of drug-likeness (QED) is 0.793. The molecule has 1 heterocycles. The molecular formula is C16H14N2O3. The maximum Gasteiger partial charge on any atom is 0.436 e. The summed E-state index contributed by atoms with van der Waals surface area (Å²) in [4.78, 5) is 11.6. The van der Waals surface area contributed by atoms with Gasteiger partial charge in [0.25, 0.3) is 5.89 Å². The topological polar surface area (TPSA) is 68.3 Å². The summed E-state index contributed by atoms with van der Waals surface area (Å²) in [6.07, 6.45) is 0. The number of hydrogen-bond acceptors (Lipinski definition) is 4. The van der Waals surface area contributed by atoms with Crippen molar-refractivity contribution in [1.29, 1.82) is 0 Å². The van der Waals surface area contributed by atoms with E-state index < -0.39 is 11.4 Å². The van der Waals surface area contributed by atoms with Gasteiger partial charge in [0.1, 0.15) is 0 Å². The Hall–Kier alpha value is -2.66. The first kappa shape index (κ1) is 13.3. The molecule has 5 nitrogen and oxygen atoms in total. The highest BCUT2D eigenvalue weighted by atomic mass is 16.4. The van der Waals surface area contributed by atoms with E-state index in [2.05, 4.69) is 5.10 Å². The standard InChI is InChI=1S/C16H14N2O3/c1-18-15(19)21-14(17-18)16(20,12-8-4-2-5-9-12)13-10-6-3-7-11-13/h2-11,20H,1H3. The molecule has 1 N–H and O–H groups in total. The van der Waals surface area contributed by atoms with E-state index in [1.54, 1.807) is 24.3 Å². The second kappa shape index (κ2) is 5.03. The predicted molar refractivity (Wildman–Crippen MR) is 76.7 cm³/mol. The Labute approximate surface area is 121 Å². The first-order valence-corrected chi connectivity index (χ1v) is 6.50. The zero-order chi connectivity index (χ0) is 14.9. The molecule has 5 heteroatoms. The second-order valence-corrected chi connectivity index (χ2v) is 4.74. The largest absolute Gasteiger partial charge is 0.436 e. The summed E-state index contributed by atoms with van der Waals surface area (Å²) in [5, 5.41) is 15.3. The van der Waals surface area contributed by atoms with Crippen LogP contribution in [0.5, 0.6) is 0 Å². The Balaban J connectivity index is 2.28. The summed E-state index contributed by atoms with van der Waals surface area (Å²) in [7, 11) is 1.48. The van der Waals surface area contributed by atoms with Crippen LogP contribution in [0.3, 0.4) is 0 Å². The van der Waals surface area contributed by atoms with E-state index in [4.69, 9.17) is 4.42 Å². The molecule has 0 aliphatic heterocycles. The van der Waals surface area contributed by atoms with Crippen LogP contribution in [-0.2, 0) is 12.6 Å². The molecule has 0 atom stereocenters.